The summed E-state index contributed by atoms with van der Waals surface area (Å²) in [5.41, 5.74) is 4.12. The first kappa shape index (κ1) is 21.3. The molecule has 150 valence electrons. The smallest absolute Gasteiger partial charge is 0.220 e. The van der Waals surface area contributed by atoms with Gasteiger partial charge in [-0.05, 0) is 49.9 Å². The number of ether oxygens (including phenoxy) is 2. The van der Waals surface area contributed by atoms with Crippen molar-refractivity contribution in [2.75, 3.05) is 20.8 Å². The van der Waals surface area contributed by atoms with Crippen LogP contribution in [-0.2, 0) is 24.2 Å². The topological polar surface area (TPSA) is 89.2 Å². The largest absolute Gasteiger partial charge is 0.493 e. The SMILES string of the molecule is COc1ccc(CCNC(=O)CCc2c(C)nn(CCC#N)c2C)cc1OC. The number of rotatable bonds is 10. The highest BCUT2D eigenvalue weighted by atomic mass is 16.5. The monoisotopic (exact) mass is 384 g/mol. The third kappa shape index (κ3) is 5.49. The lowest BCUT2D eigenvalue weighted by Crippen LogP contribution is -2.26. The third-order valence-corrected chi connectivity index (χ3v) is 4.75. The van der Waals surface area contributed by atoms with Crippen LogP contribution in [0.5, 0.6) is 11.5 Å². The molecule has 0 radical (unpaired) electrons. The molecule has 0 spiro atoms. The lowest BCUT2D eigenvalue weighted by atomic mass is 10.1. The van der Waals surface area contributed by atoms with Crippen LogP contribution in [0.25, 0.3) is 0 Å². The Balaban J connectivity index is 1.82. The number of aryl methyl sites for hydroxylation is 2. The number of aromatic nitrogens is 2. The quantitative estimate of drug-likeness (QED) is 0.680. The van der Waals surface area contributed by atoms with E-state index in [1.807, 2.05) is 36.7 Å². The van der Waals surface area contributed by atoms with Gasteiger partial charge in [0.15, 0.2) is 11.5 Å². The van der Waals surface area contributed by atoms with Crippen LogP contribution in [0, 0.1) is 25.2 Å². The Morgan fingerprint density at radius 1 is 1.21 bits per heavy atom. The zero-order valence-corrected chi connectivity index (χ0v) is 17.0. The van der Waals surface area contributed by atoms with E-state index >= 15 is 0 Å². The minimum atomic E-state index is 0.0176. The maximum absolute atomic E-state index is 12.2. The van der Waals surface area contributed by atoms with Gasteiger partial charge in [0.2, 0.25) is 5.91 Å². The number of carbonyl (C=O) groups is 1. The summed E-state index contributed by atoms with van der Waals surface area (Å²) in [5.74, 6) is 1.39. The van der Waals surface area contributed by atoms with Crippen molar-refractivity contribution in [3.05, 3.63) is 40.7 Å². The van der Waals surface area contributed by atoms with E-state index in [-0.39, 0.29) is 5.91 Å². The second-order valence-electron chi connectivity index (χ2n) is 6.57. The fraction of sp³-hybridized carbons (Fsp3) is 0.476. The Morgan fingerprint density at radius 2 is 1.96 bits per heavy atom. The van der Waals surface area contributed by atoms with Crippen LogP contribution < -0.4 is 14.8 Å². The highest BCUT2D eigenvalue weighted by molar-refractivity contribution is 5.76. The number of hydrogen-bond donors (Lipinski definition) is 1. The number of nitrogens with zero attached hydrogens (tertiary/aromatic N) is 3. The molecular formula is C21H28N4O3. The first-order valence-electron chi connectivity index (χ1n) is 9.37. The van der Waals surface area contributed by atoms with E-state index < -0.39 is 0 Å². The second-order valence-corrected chi connectivity index (χ2v) is 6.57. The van der Waals surface area contributed by atoms with Crippen LogP contribution in [-0.4, -0.2) is 36.5 Å². The van der Waals surface area contributed by atoms with Crippen LogP contribution in [0.3, 0.4) is 0 Å². The normalized spacial score (nSPS) is 10.4. The first-order chi connectivity index (χ1) is 13.5. The van der Waals surface area contributed by atoms with Crippen molar-refractivity contribution in [1.82, 2.24) is 15.1 Å². The highest BCUT2D eigenvalue weighted by Crippen LogP contribution is 2.27. The first-order valence-corrected chi connectivity index (χ1v) is 9.37. The van der Waals surface area contributed by atoms with Gasteiger partial charge in [0, 0.05) is 18.7 Å². The standard InChI is InChI=1S/C21H28N4O3/c1-15-18(16(2)25(24-15)13-5-11-22)7-9-21(26)23-12-10-17-6-8-19(27-3)20(14-17)28-4/h6,8,14H,5,7,9-10,12-13H2,1-4H3,(H,23,26). The lowest BCUT2D eigenvalue weighted by Gasteiger charge is -2.10. The molecule has 1 heterocycles. The van der Waals surface area contributed by atoms with Gasteiger partial charge in [-0.15, -0.1) is 0 Å². The van der Waals surface area contributed by atoms with Crippen molar-refractivity contribution in [2.24, 2.45) is 0 Å². The van der Waals surface area contributed by atoms with Gasteiger partial charge in [-0.3, -0.25) is 9.48 Å². The maximum atomic E-state index is 12.2. The molecule has 0 aliphatic rings. The number of hydrogen-bond acceptors (Lipinski definition) is 5. The summed E-state index contributed by atoms with van der Waals surface area (Å²) in [5, 5.41) is 16.2. The fourth-order valence-electron chi connectivity index (χ4n) is 3.18. The molecule has 1 amide bonds. The van der Waals surface area contributed by atoms with Gasteiger partial charge in [-0.1, -0.05) is 6.07 Å². The van der Waals surface area contributed by atoms with Crippen LogP contribution in [0.1, 0.15) is 35.4 Å². The summed E-state index contributed by atoms with van der Waals surface area (Å²) in [6.45, 7) is 5.08. The third-order valence-electron chi connectivity index (χ3n) is 4.75. The molecule has 0 bridgehead atoms. The Hall–Kier alpha value is -3.01. The molecule has 0 saturated carbocycles. The summed E-state index contributed by atoms with van der Waals surface area (Å²) in [6.07, 6.45) is 2.21. The van der Waals surface area contributed by atoms with E-state index in [0.717, 1.165) is 28.9 Å². The Bertz CT molecular complexity index is 852. The van der Waals surface area contributed by atoms with Gasteiger partial charge in [-0.25, -0.2) is 0 Å². The van der Waals surface area contributed by atoms with Crippen molar-refractivity contribution in [1.29, 1.82) is 5.26 Å². The zero-order chi connectivity index (χ0) is 20.5. The summed E-state index contributed by atoms with van der Waals surface area (Å²) in [4.78, 5) is 12.2. The summed E-state index contributed by atoms with van der Waals surface area (Å²) in [7, 11) is 3.21. The van der Waals surface area contributed by atoms with Crippen molar-refractivity contribution in [2.45, 2.75) is 46.1 Å². The molecule has 1 aromatic carbocycles. The number of methoxy groups -OCH3 is 2. The predicted octanol–water partition coefficient (Wildman–Crippen LogP) is 2.72. The zero-order valence-electron chi connectivity index (χ0n) is 17.0. The summed E-state index contributed by atoms with van der Waals surface area (Å²) < 4.78 is 12.4. The van der Waals surface area contributed by atoms with Crippen LogP contribution in [0.4, 0.5) is 0 Å². The summed E-state index contributed by atoms with van der Waals surface area (Å²) in [6, 6.07) is 7.89. The van der Waals surface area contributed by atoms with Crippen molar-refractivity contribution >= 4 is 5.91 Å². The fourth-order valence-corrected chi connectivity index (χ4v) is 3.18. The van der Waals surface area contributed by atoms with Crippen molar-refractivity contribution < 1.29 is 14.3 Å². The molecule has 0 aliphatic carbocycles. The molecule has 1 aromatic heterocycles. The number of nitrogens with one attached hydrogen (secondary N) is 1. The molecule has 7 nitrogen and oxygen atoms in total. The Labute approximate surface area is 166 Å². The van der Waals surface area contributed by atoms with Crippen molar-refractivity contribution in [3.63, 3.8) is 0 Å². The molecule has 0 saturated heterocycles. The van der Waals surface area contributed by atoms with E-state index in [1.165, 1.54) is 0 Å². The van der Waals surface area contributed by atoms with Gasteiger partial charge in [0.25, 0.3) is 0 Å². The van der Waals surface area contributed by atoms with E-state index in [2.05, 4.69) is 16.5 Å². The molecule has 0 atom stereocenters. The number of amides is 1. The Morgan fingerprint density at radius 3 is 2.64 bits per heavy atom. The van der Waals surface area contributed by atoms with Crippen LogP contribution in [0.15, 0.2) is 18.2 Å². The van der Waals surface area contributed by atoms with E-state index in [0.29, 0.717) is 43.9 Å². The minimum absolute atomic E-state index is 0.0176. The van der Waals surface area contributed by atoms with E-state index in [4.69, 9.17) is 14.7 Å². The molecule has 1 N–H and O–H groups in total. The molecule has 0 unspecified atom stereocenters. The van der Waals surface area contributed by atoms with Gasteiger partial charge in [-0.2, -0.15) is 10.4 Å². The minimum Gasteiger partial charge on any atom is -0.493 e. The molecule has 0 fully saturated rings. The van der Waals surface area contributed by atoms with Gasteiger partial charge in [0.05, 0.1) is 38.9 Å². The number of nitriles is 1. The summed E-state index contributed by atoms with van der Waals surface area (Å²) >= 11 is 0. The average molecular weight is 384 g/mol. The molecule has 7 heteroatoms. The van der Waals surface area contributed by atoms with Gasteiger partial charge in [0.1, 0.15) is 0 Å². The van der Waals surface area contributed by atoms with E-state index in [9.17, 15) is 4.79 Å². The Kier molecular flexibility index (Phi) is 7.88. The number of carbonyl (C=O) groups excluding carboxylic acids is 1. The lowest BCUT2D eigenvalue weighted by molar-refractivity contribution is -0.121. The van der Waals surface area contributed by atoms with Crippen LogP contribution in [0.2, 0.25) is 0 Å². The molecular weight excluding hydrogens is 356 g/mol. The van der Waals surface area contributed by atoms with Crippen molar-refractivity contribution in [3.8, 4) is 17.6 Å². The number of benzene rings is 1. The van der Waals surface area contributed by atoms with E-state index in [1.54, 1.807) is 14.2 Å². The molecule has 0 aliphatic heterocycles. The van der Waals surface area contributed by atoms with Crippen LogP contribution >= 0.6 is 0 Å². The second kappa shape index (κ2) is 10.4. The predicted molar refractivity (Wildman–Crippen MR) is 107 cm³/mol. The molecule has 2 rings (SSSR count). The van der Waals surface area contributed by atoms with Gasteiger partial charge < -0.3 is 14.8 Å². The molecule has 28 heavy (non-hydrogen) atoms. The van der Waals surface area contributed by atoms with Gasteiger partial charge >= 0.3 is 0 Å². The average Bonchev–Trinajstić information content (AvgIpc) is 2.97. The maximum Gasteiger partial charge on any atom is 0.220 e. The molecule has 2 aromatic rings. The highest BCUT2D eigenvalue weighted by Gasteiger charge is 2.13.